The highest BCUT2D eigenvalue weighted by Gasteiger charge is 2.40. The maximum atomic E-state index is 12.6. The summed E-state index contributed by atoms with van der Waals surface area (Å²) in [6, 6.07) is 0. The number of esters is 1. The number of ether oxygens (including phenoxy) is 1. The molecule has 0 aromatic carbocycles. The number of hydrogen-bond acceptors (Lipinski definition) is 2. The molecule has 0 heterocycles. The van der Waals surface area contributed by atoms with Gasteiger partial charge in [0.25, 0.3) is 0 Å². The molecule has 0 amide bonds. The minimum Gasteiger partial charge on any atom is -0.462 e. The summed E-state index contributed by atoms with van der Waals surface area (Å²) in [6.45, 7) is 12.9. The fourth-order valence-electron chi connectivity index (χ4n) is 3.13. The Kier molecular flexibility index (Phi) is 5.88. The number of rotatable bonds is 5. The van der Waals surface area contributed by atoms with E-state index in [0.29, 0.717) is 17.8 Å². The molecule has 3 unspecified atom stereocenters. The third-order valence-corrected chi connectivity index (χ3v) is 4.86. The van der Waals surface area contributed by atoms with Crippen LogP contribution in [0.25, 0.3) is 0 Å². The van der Waals surface area contributed by atoms with Crippen LogP contribution in [0.4, 0.5) is 0 Å². The van der Waals surface area contributed by atoms with Crippen molar-refractivity contribution in [2.45, 2.75) is 79.8 Å². The zero-order valence-electron chi connectivity index (χ0n) is 13.7. The first-order chi connectivity index (χ1) is 8.77. The first-order valence-corrected chi connectivity index (χ1v) is 7.98. The predicted octanol–water partition coefficient (Wildman–Crippen LogP) is 4.82. The molecular weight excluding hydrogens is 236 g/mol. The molecule has 0 radical (unpaired) electrons. The summed E-state index contributed by atoms with van der Waals surface area (Å²) in [5.41, 5.74) is -0.342. The average molecular weight is 268 g/mol. The van der Waals surface area contributed by atoms with Crippen LogP contribution in [0.2, 0.25) is 0 Å². The Bertz CT molecular complexity index is 296. The molecule has 0 N–H and O–H groups in total. The van der Waals surface area contributed by atoms with E-state index in [9.17, 15) is 4.79 Å². The van der Waals surface area contributed by atoms with Crippen LogP contribution in [0.15, 0.2) is 0 Å². The van der Waals surface area contributed by atoms with Gasteiger partial charge in [-0.25, -0.2) is 0 Å². The molecular formula is C17H32O2. The lowest BCUT2D eigenvalue weighted by Crippen LogP contribution is -2.40. The smallest absolute Gasteiger partial charge is 0.312 e. The maximum absolute atomic E-state index is 12.6. The van der Waals surface area contributed by atoms with Gasteiger partial charge in [-0.3, -0.25) is 4.79 Å². The maximum Gasteiger partial charge on any atom is 0.312 e. The van der Waals surface area contributed by atoms with E-state index in [1.807, 2.05) is 0 Å². The van der Waals surface area contributed by atoms with Gasteiger partial charge in [0.15, 0.2) is 0 Å². The quantitative estimate of drug-likeness (QED) is 0.668. The molecule has 1 aliphatic carbocycles. The zero-order chi connectivity index (χ0) is 14.6. The van der Waals surface area contributed by atoms with Crippen molar-refractivity contribution < 1.29 is 9.53 Å². The predicted molar refractivity (Wildman–Crippen MR) is 79.9 cm³/mol. The molecule has 0 aromatic rings. The minimum atomic E-state index is -0.342. The van der Waals surface area contributed by atoms with Crippen LogP contribution in [-0.4, -0.2) is 12.1 Å². The second kappa shape index (κ2) is 6.76. The SMILES string of the molecule is CC(C)CC(C)(C(=O)OC1CCCCC1C)C(C)C. The number of carbonyl (C=O) groups excluding carboxylic acids is 1. The van der Waals surface area contributed by atoms with Gasteiger partial charge in [0.2, 0.25) is 0 Å². The average Bonchev–Trinajstić information content (AvgIpc) is 2.30. The topological polar surface area (TPSA) is 26.3 Å². The van der Waals surface area contributed by atoms with Gasteiger partial charge in [0.05, 0.1) is 5.41 Å². The highest BCUT2D eigenvalue weighted by Crippen LogP contribution is 2.37. The van der Waals surface area contributed by atoms with E-state index in [2.05, 4.69) is 41.5 Å². The lowest BCUT2D eigenvalue weighted by Gasteiger charge is -2.36. The van der Waals surface area contributed by atoms with E-state index in [0.717, 1.165) is 12.8 Å². The van der Waals surface area contributed by atoms with Gasteiger partial charge in [0, 0.05) is 0 Å². The molecule has 0 aromatic heterocycles. The number of hydrogen-bond donors (Lipinski definition) is 0. The second-order valence-corrected chi connectivity index (χ2v) is 7.38. The third-order valence-electron chi connectivity index (χ3n) is 4.86. The summed E-state index contributed by atoms with van der Waals surface area (Å²) in [6.07, 6.45) is 5.77. The highest BCUT2D eigenvalue weighted by molar-refractivity contribution is 5.77. The molecule has 19 heavy (non-hydrogen) atoms. The summed E-state index contributed by atoms with van der Waals surface area (Å²) >= 11 is 0. The van der Waals surface area contributed by atoms with Crippen LogP contribution in [-0.2, 0) is 9.53 Å². The van der Waals surface area contributed by atoms with Gasteiger partial charge in [-0.15, -0.1) is 0 Å². The van der Waals surface area contributed by atoms with Crippen molar-refractivity contribution in [2.24, 2.45) is 23.2 Å². The van der Waals surface area contributed by atoms with Crippen molar-refractivity contribution in [1.29, 1.82) is 0 Å². The summed E-state index contributed by atoms with van der Waals surface area (Å²) in [7, 11) is 0. The standard InChI is InChI=1S/C17H32O2/c1-12(2)11-17(6,13(3)4)16(18)19-15-10-8-7-9-14(15)5/h12-15H,7-11H2,1-6H3. The van der Waals surface area contributed by atoms with Crippen LogP contribution in [0, 0.1) is 23.2 Å². The molecule has 2 nitrogen and oxygen atoms in total. The van der Waals surface area contributed by atoms with Gasteiger partial charge < -0.3 is 4.74 Å². The van der Waals surface area contributed by atoms with Crippen LogP contribution >= 0.6 is 0 Å². The van der Waals surface area contributed by atoms with E-state index in [1.54, 1.807) is 0 Å². The summed E-state index contributed by atoms with van der Waals surface area (Å²) < 4.78 is 5.89. The van der Waals surface area contributed by atoms with Crippen LogP contribution in [0.3, 0.4) is 0 Å². The molecule has 0 spiro atoms. The van der Waals surface area contributed by atoms with Crippen molar-refractivity contribution >= 4 is 5.97 Å². The summed E-state index contributed by atoms with van der Waals surface area (Å²) in [5.74, 6) is 1.38. The molecule has 2 heteroatoms. The zero-order valence-corrected chi connectivity index (χ0v) is 13.7. The van der Waals surface area contributed by atoms with E-state index >= 15 is 0 Å². The van der Waals surface area contributed by atoms with Crippen LogP contribution in [0.5, 0.6) is 0 Å². The second-order valence-electron chi connectivity index (χ2n) is 7.38. The van der Waals surface area contributed by atoms with Gasteiger partial charge in [0.1, 0.15) is 6.10 Å². The Hall–Kier alpha value is -0.530. The van der Waals surface area contributed by atoms with Crippen molar-refractivity contribution in [3.05, 3.63) is 0 Å². The van der Waals surface area contributed by atoms with Crippen molar-refractivity contribution in [3.8, 4) is 0 Å². The Morgan fingerprint density at radius 2 is 1.79 bits per heavy atom. The summed E-state index contributed by atoms with van der Waals surface area (Å²) in [4.78, 5) is 12.6. The van der Waals surface area contributed by atoms with Gasteiger partial charge in [-0.1, -0.05) is 41.0 Å². The Morgan fingerprint density at radius 3 is 2.26 bits per heavy atom. The van der Waals surface area contributed by atoms with E-state index in [-0.39, 0.29) is 17.5 Å². The molecule has 1 aliphatic rings. The monoisotopic (exact) mass is 268 g/mol. The number of carbonyl (C=O) groups is 1. The Morgan fingerprint density at radius 1 is 1.21 bits per heavy atom. The first-order valence-electron chi connectivity index (χ1n) is 7.98. The van der Waals surface area contributed by atoms with Gasteiger partial charge >= 0.3 is 5.97 Å². The normalized spacial score (nSPS) is 27.4. The third kappa shape index (κ3) is 4.22. The fourth-order valence-corrected chi connectivity index (χ4v) is 3.13. The fraction of sp³-hybridized carbons (Fsp3) is 0.941. The van der Waals surface area contributed by atoms with Crippen molar-refractivity contribution in [1.82, 2.24) is 0 Å². The van der Waals surface area contributed by atoms with Crippen LogP contribution < -0.4 is 0 Å². The lowest BCUT2D eigenvalue weighted by atomic mass is 9.73. The molecule has 1 rings (SSSR count). The van der Waals surface area contributed by atoms with Crippen LogP contribution in [0.1, 0.15) is 73.6 Å². The molecule has 1 saturated carbocycles. The molecule has 0 saturated heterocycles. The first kappa shape index (κ1) is 16.5. The van der Waals surface area contributed by atoms with E-state index < -0.39 is 0 Å². The lowest BCUT2D eigenvalue weighted by molar-refractivity contribution is -0.169. The van der Waals surface area contributed by atoms with Gasteiger partial charge in [-0.2, -0.15) is 0 Å². The van der Waals surface area contributed by atoms with E-state index in [1.165, 1.54) is 19.3 Å². The minimum absolute atomic E-state index is 0.0231. The Balaban J connectivity index is 2.71. The largest absolute Gasteiger partial charge is 0.462 e. The molecule has 112 valence electrons. The Labute approximate surface area is 119 Å². The van der Waals surface area contributed by atoms with Crippen molar-refractivity contribution in [3.63, 3.8) is 0 Å². The van der Waals surface area contributed by atoms with Crippen molar-refractivity contribution in [2.75, 3.05) is 0 Å². The van der Waals surface area contributed by atoms with Gasteiger partial charge in [-0.05, 0) is 50.4 Å². The molecule has 0 aliphatic heterocycles. The summed E-state index contributed by atoms with van der Waals surface area (Å²) in [5, 5.41) is 0. The van der Waals surface area contributed by atoms with E-state index in [4.69, 9.17) is 4.74 Å². The molecule has 1 fully saturated rings. The molecule has 3 atom stereocenters. The molecule has 0 bridgehead atoms. The highest BCUT2D eigenvalue weighted by atomic mass is 16.5.